The largest absolute Gasteiger partial charge is 0.416 e. The van der Waals surface area contributed by atoms with E-state index in [1.807, 2.05) is 6.92 Å². The van der Waals surface area contributed by atoms with Crippen LogP contribution in [0.15, 0.2) is 23.1 Å². The number of nitrogens with one attached hydrogen (secondary N) is 2. The third-order valence-electron chi connectivity index (χ3n) is 2.83. The molecule has 0 fully saturated rings. The van der Waals surface area contributed by atoms with E-state index in [9.17, 15) is 21.6 Å². The standard InChI is InChI=1S/C13H19F3N2O2S/c1-3-6-17-7-8-18-21(19,20)12-9-11(13(14,15)16)5-4-10(12)2/h4-5,9,17-18H,3,6-8H2,1-2H3. The summed E-state index contributed by atoms with van der Waals surface area (Å²) >= 11 is 0. The van der Waals surface area contributed by atoms with Crippen molar-refractivity contribution in [2.45, 2.75) is 31.3 Å². The van der Waals surface area contributed by atoms with E-state index in [1.54, 1.807) is 0 Å². The molecular formula is C13H19F3N2O2S. The van der Waals surface area contributed by atoms with Crippen LogP contribution < -0.4 is 10.0 Å². The molecule has 8 heteroatoms. The average molecular weight is 324 g/mol. The predicted octanol–water partition coefficient (Wildman–Crippen LogP) is 2.29. The summed E-state index contributed by atoms with van der Waals surface area (Å²) < 4.78 is 64.4. The molecule has 1 rings (SSSR count). The summed E-state index contributed by atoms with van der Waals surface area (Å²) in [5, 5.41) is 3.00. The third-order valence-corrected chi connectivity index (χ3v) is 4.43. The Bertz CT molecular complexity index is 571. The Hall–Kier alpha value is -1.12. The molecule has 0 spiro atoms. The number of halogens is 3. The van der Waals surface area contributed by atoms with Crippen LogP contribution in [0.4, 0.5) is 13.2 Å². The summed E-state index contributed by atoms with van der Waals surface area (Å²) in [6.07, 6.45) is -3.65. The van der Waals surface area contributed by atoms with Crippen molar-refractivity contribution in [1.82, 2.24) is 10.0 Å². The van der Waals surface area contributed by atoms with E-state index in [0.717, 1.165) is 25.1 Å². The second-order valence-corrected chi connectivity index (χ2v) is 6.36. The van der Waals surface area contributed by atoms with E-state index < -0.39 is 21.8 Å². The van der Waals surface area contributed by atoms with Gasteiger partial charge in [0, 0.05) is 13.1 Å². The number of alkyl halides is 3. The fourth-order valence-corrected chi connectivity index (χ4v) is 3.02. The van der Waals surface area contributed by atoms with Gasteiger partial charge in [-0.15, -0.1) is 0 Å². The molecule has 21 heavy (non-hydrogen) atoms. The van der Waals surface area contributed by atoms with Crippen LogP contribution >= 0.6 is 0 Å². The zero-order valence-corrected chi connectivity index (χ0v) is 12.7. The van der Waals surface area contributed by atoms with E-state index in [-0.39, 0.29) is 17.0 Å². The minimum absolute atomic E-state index is 0.123. The van der Waals surface area contributed by atoms with E-state index >= 15 is 0 Å². The van der Waals surface area contributed by atoms with Gasteiger partial charge in [0.2, 0.25) is 10.0 Å². The quantitative estimate of drug-likeness (QED) is 0.757. The van der Waals surface area contributed by atoms with Crippen molar-refractivity contribution in [2.75, 3.05) is 19.6 Å². The monoisotopic (exact) mass is 324 g/mol. The summed E-state index contributed by atoms with van der Waals surface area (Å²) in [7, 11) is -3.95. The van der Waals surface area contributed by atoms with Gasteiger partial charge in [-0.05, 0) is 37.6 Å². The Morgan fingerprint density at radius 3 is 2.38 bits per heavy atom. The highest BCUT2D eigenvalue weighted by Crippen LogP contribution is 2.31. The lowest BCUT2D eigenvalue weighted by Gasteiger charge is -2.13. The molecule has 2 N–H and O–H groups in total. The molecule has 0 atom stereocenters. The van der Waals surface area contributed by atoms with Crippen LogP contribution in [0.2, 0.25) is 0 Å². The molecule has 0 aliphatic rings. The highest BCUT2D eigenvalue weighted by atomic mass is 32.2. The molecule has 0 saturated carbocycles. The molecule has 0 aliphatic heterocycles. The Kier molecular flexibility index (Phi) is 6.18. The van der Waals surface area contributed by atoms with Crippen LogP contribution in [-0.2, 0) is 16.2 Å². The second kappa shape index (κ2) is 7.24. The van der Waals surface area contributed by atoms with Crippen LogP contribution in [0.1, 0.15) is 24.5 Å². The minimum Gasteiger partial charge on any atom is -0.315 e. The van der Waals surface area contributed by atoms with Crippen LogP contribution in [0.25, 0.3) is 0 Å². The first-order valence-electron chi connectivity index (χ1n) is 6.56. The number of hydrogen-bond acceptors (Lipinski definition) is 3. The smallest absolute Gasteiger partial charge is 0.315 e. The average Bonchev–Trinajstić information content (AvgIpc) is 2.37. The number of hydrogen-bond donors (Lipinski definition) is 2. The highest BCUT2D eigenvalue weighted by Gasteiger charge is 2.32. The van der Waals surface area contributed by atoms with Crippen molar-refractivity contribution < 1.29 is 21.6 Å². The zero-order valence-electron chi connectivity index (χ0n) is 11.9. The molecule has 120 valence electrons. The number of aryl methyl sites for hydroxylation is 1. The number of benzene rings is 1. The first-order valence-corrected chi connectivity index (χ1v) is 8.05. The molecule has 1 aromatic rings. The molecular weight excluding hydrogens is 305 g/mol. The van der Waals surface area contributed by atoms with Crippen LogP contribution in [0, 0.1) is 6.92 Å². The van der Waals surface area contributed by atoms with Crippen LogP contribution in [-0.4, -0.2) is 28.1 Å². The van der Waals surface area contributed by atoms with Crippen molar-refractivity contribution in [3.05, 3.63) is 29.3 Å². The Balaban J connectivity index is 2.87. The van der Waals surface area contributed by atoms with E-state index in [0.29, 0.717) is 12.6 Å². The SMILES string of the molecule is CCCNCCNS(=O)(=O)c1cc(C(F)(F)F)ccc1C. The lowest BCUT2D eigenvalue weighted by atomic mass is 10.1. The van der Waals surface area contributed by atoms with Crippen molar-refractivity contribution in [1.29, 1.82) is 0 Å². The lowest BCUT2D eigenvalue weighted by molar-refractivity contribution is -0.137. The summed E-state index contributed by atoms with van der Waals surface area (Å²) in [6.45, 7) is 4.74. The fourth-order valence-electron chi connectivity index (χ4n) is 1.72. The van der Waals surface area contributed by atoms with Gasteiger partial charge in [-0.3, -0.25) is 0 Å². The van der Waals surface area contributed by atoms with Gasteiger partial charge in [0.25, 0.3) is 0 Å². The minimum atomic E-state index is -4.57. The molecule has 0 radical (unpaired) electrons. The highest BCUT2D eigenvalue weighted by molar-refractivity contribution is 7.89. The molecule has 0 aliphatic carbocycles. The van der Waals surface area contributed by atoms with Gasteiger partial charge in [0.05, 0.1) is 10.5 Å². The Morgan fingerprint density at radius 1 is 1.14 bits per heavy atom. The molecule has 0 unspecified atom stereocenters. The fraction of sp³-hybridized carbons (Fsp3) is 0.538. The molecule has 0 saturated heterocycles. The van der Waals surface area contributed by atoms with Crippen molar-refractivity contribution in [3.63, 3.8) is 0 Å². The third kappa shape index (κ3) is 5.29. The van der Waals surface area contributed by atoms with Crippen molar-refractivity contribution in [2.24, 2.45) is 0 Å². The summed E-state index contributed by atoms with van der Waals surface area (Å²) in [6, 6.07) is 2.70. The van der Waals surface area contributed by atoms with Crippen molar-refractivity contribution >= 4 is 10.0 Å². The number of rotatable bonds is 7. The van der Waals surface area contributed by atoms with Crippen LogP contribution in [0.5, 0.6) is 0 Å². The van der Waals surface area contributed by atoms with Gasteiger partial charge in [0.1, 0.15) is 0 Å². The van der Waals surface area contributed by atoms with Gasteiger partial charge in [0.15, 0.2) is 0 Å². The van der Waals surface area contributed by atoms with Crippen LogP contribution in [0.3, 0.4) is 0 Å². The Labute approximate surface area is 122 Å². The maximum atomic E-state index is 12.7. The summed E-state index contributed by atoms with van der Waals surface area (Å²) in [5.74, 6) is 0. The van der Waals surface area contributed by atoms with Gasteiger partial charge < -0.3 is 5.32 Å². The molecule has 0 aromatic heterocycles. The van der Waals surface area contributed by atoms with E-state index in [4.69, 9.17) is 0 Å². The maximum Gasteiger partial charge on any atom is 0.416 e. The Morgan fingerprint density at radius 2 is 1.81 bits per heavy atom. The van der Waals surface area contributed by atoms with Gasteiger partial charge in [-0.25, -0.2) is 13.1 Å². The van der Waals surface area contributed by atoms with E-state index in [2.05, 4.69) is 10.0 Å². The molecule has 0 heterocycles. The predicted molar refractivity (Wildman–Crippen MR) is 74.5 cm³/mol. The molecule has 1 aromatic carbocycles. The first kappa shape index (κ1) is 17.9. The lowest BCUT2D eigenvalue weighted by Crippen LogP contribution is -2.32. The molecule has 4 nitrogen and oxygen atoms in total. The number of sulfonamides is 1. The van der Waals surface area contributed by atoms with Crippen molar-refractivity contribution in [3.8, 4) is 0 Å². The van der Waals surface area contributed by atoms with Gasteiger partial charge >= 0.3 is 6.18 Å². The van der Waals surface area contributed by atoms with E-state index in [1.165, 1.54) is 6.92 Å². The van der Waals surface area contributed by atoms with Gasteiger partial charge in [-0.2, -0.15) is 13.2 Å². The first-order chi connectivity index (χ1) is 9.68. The molecule has 0 amide bonds. The second-order valence-electron chi connectivity index (χ2n) is 4.63. The topological polar surface area (TPSA) is 58.2 Å². The zero-order chi connectivity index (χ0) is 16.1. The normalized spacial score (nSPS) is 12.6. The summed E-state index contributed by atoms with van der Waals surface area (Å²) in [4.78, 5) is -0.340. The summed E-state index contributed by atoms with van der Waals surface area (Å²) in [5.41, 5.74) is -0.699. The maximum absolute atomic E-state index is 12.7. The van der Waals surface area contributed by atoms with Gasteiger partial charge in [-0.1, -0.05) is 13.0 Å². The molecule has 0 bridgehead atoms.